The van der Waals surface area contributed by atoms with Crippen molar-refractivity contribution in [2.24, 2.45) is 0 Å². The quantitative estimate of drug-likeness (QED) is 0.858. The van der Waals surface area contributed by atoms with Crippen molar-refractivity contribution >= 4 is 15.7 Å². The molecule has 0 unspecified atom stereocenters. The summed E-state index contributed by atoms with van der Waals surface area (Å²) < 4.78 is 34.8. The molecule has 2 aromatic rings. The number of hydrogen-bond acceptors (Lipinski definition) is 5. The predicted molar refractivity (Wildman–Crippen MR) is 74.3 cm³/mol. The lowest BCUT2D eigenvalue weighted by molar-refractivity contribution is 0.0761. The van der Waals surface area contributed by atoms with E-state index in [0.717, 1.165) is 0 Å². The van der Waals surface area contributed by atoms with E-state index in [2.05, 4.69) is 0 Å². The molecule has 1 aliphatic rings. The van der Waals surface area contributed by atoms with Crippen LogP contribution in [0.5, 0.6) is 0 Å². The first-order valence-electron chi connectivity index (χ1n) is 6.63. The molecule has 1 atom stereocenters. The van der Waals surface area contributed by atoms with Crippen LogP contribution in [0, 0.1) is 0 Å². The number of amides is 1. The van der Waals surface area contributed by atoms with E-state index in [1.807, 2.05) is 0 Å². The minimum atomic E-state index is -3.34. The monoisotopic (exact) mass is 309 g/mol. The Balaban J connectivity index is 1.68. The number of carbonyl (C=O) groups is 1. The summed E-state index contributed by atoms with van der Waals surface area (Å²) in [6.45, 7) is 0.615. The van der Waals surface area contributed by atoms with Crippen LogP contribution in [-0.2, 0) is 15.6 Å². The van der Waals surface area contributed by atoms with Crippen molar-refractivity contribution in [3.63, 3.8) is 0 Å². The van der Waals surface area contributed by atoms with Crippen LogP contribution in [0.3, 0.4) is 0 Å². The highest BCUT2D eigenvalue weighted by atomic mass is 32.2. The summed E-state index contributed by atoms with van der Waals surface area (Å²) in [7, 11) is -3.34. The maximum absolute atomic E-state index is 12.3. The van der Waals surface area contributed by atoms with Crippen LogP contribution in [0.1, 0.15) is 22.7 Å². The van der Waals surface area contributed by atoms with Crippen molar-refractivity contribution in [1.29, 1.82) is 0 Å². The second kappa shape index (κ2) is 5.40. The van der Waals surface area contributed by atoms with Crippen LogP contribution < -0.4 is 0 Å². The van der Waals surface area contributed by atoms with E-state index < -0.39 is 15.1 Å². The maximum Gasteiger partial charge on any atom is 0.289 e. The average Bonchev–Trinajstić information content (AvgIpc) is 3.19. The molecule has 0 aliphatic carbocycles. The van der Waals surface area contributed by atoms with Crippen LogP contribution in [0.2, 0.25) is 0 Å². The van der Waals surface area contributed by atoms with Gasteiger partial charge in [-0.2, -0.15) is 0 Å². The first-order valence-corrected chi connectivity index (χ1v) is 8.34. The van der Waals surface area contributed by atoms with Crippen LogP contribution in [-0.4, -0.2) is 37.6 Å². The second-order valence-electron chi connectivity index (χ2n) is 5.03. The zero-order valence-electron chi connectivity index (χ0n) is 11.3. The standard InChI is InChI=1S/C14H15NO5S/c16-14(13-4-2-8-20-13)15-6-5-12(9-15)21(17,18)10-11-3-1-7-19-11/h1-4,7-8,12H,5-6,9-10H2/t12-/m0/s1. The largest absolute Gasteiger partial charge is 0.468 e. The van der Waals surface area contributed by atoms with Crippen LogP contribution in [0.4, 0.5) is 0 Å². The number of hydrogen-bond donors (Lipinski definition) is 0. The molecule has 112 valence electrons. The number of likely N-dealkylation sites (tertiary alicyclic amines) is 1. The van der Waals surface area contributed by atoms with E-state index in [1.54, 1.807) is 24.3 Å². The van der Waals surface area contributed by atoms with Gasteiger partial charge >= 0.3 is 0 Å². The summed E-state index contributed by atoms with van der Waals surface area (Å²) in [6, 6.07) is 6.51. The summed E-state index contributed by atoms with van der Waals surface area (Å²) in [5, 5.41) is -0.554. The molecule has 3 rings (SSSR count). The fraction of sp³-hybridized carbons (Fsp3) is 0.357. The third-order valence-electron chi connectivity index (χ3n) is 3.60. The van der Waals surface area contributed by atoms with Gasteiger partial charge in [0.15, 0.2) is 15.6 Å². The van der Waals surface area contributed by atoms with Gasteiger partial charge in [-0.05, 0) is 30.7 Å². The Hall–Kier alpha value is -2.02. The van der Waals surface area contributed by atoms with Gasteiger partial charge in [-0.15, -0.1) is 0 Å². The van der Waals surface area contributed by atoms with E-state index in [-0.39, 0.29) is 24.0 Å². The molecule has 0 spiro atoms. The highest BCUT2D eigenvalue weighted by Crippen LogP contribution is 2.22. The van der Waals surface area contributed by atoms with E-state index in [0.29, 0.717) is 18.7 Å². The molecule has 1 saturated heterocycles. The highest BCUT2D eigenvalue weighted by molar-refractivity contribution is 7.91. The summed E-state index contributed by atoms with van der Waals surface area (Å²) in [6.07, 6.45) is 3.32. The van der Waals surface area contributed by atoms with E-state index in [4.69, 9.17) is 8.83 Å². The Morgan fingerprint density at radius 1 is 1.24 bits per heavy atom. The Kier molecular flexibility index (Phi) is 3.59. The van der Waals surface area contributed by atoms with Gasteiger partial charge in [-0.1, -0.05) is 0 Å². The Morgan fingerprint density at radius 2 is 2.00 bits per heavy atom. The number of furan rings is 2. The zero-order valence-corrected chi connectivity index (χ0v) is 12.1. The normalized spacial score (nSPS) is 19.0. The molecule has 1 amide bonds. The smallest absolute Gasteiger partial charge is 0.289 e. The van der Waals surface area contributed by atoms with Gasteiger partial charge in [-0.25, -0.2) is 8.42 Å². The van der Waals surface area contributed by atoms with Gasteiger partial charge in [0.2, 0.25) is 0 Å². The highest BCUT2D eigenvalue weighted by Gasteiger charge is 2.36. The molecule has 0 N–H and O–H groups in total. The molecule has 0 radical (unpaired) electrons. The molecule has 1 aliphatic heterocycles. The fourth-order valence-corrected chi connectivity index (χ4v) is 4.14. The van der Waals surface area contributed by atoms with Crippen molar-refractivity contribution in [2.75, 3.05) is 13.1 Å². The second-order valence-corrected chi connectivity index (χ2v) is 7.31. The molecule has 6 nitrogen and oxygen atoms in total. The van der Waals surface area contributed by atoms with Gasteiger partial charge < -0.3 is 13.7 Å². The molecular formula is C14H15NO5S. The number of rotatable bonds is 4. The maximum atomic E-state index is 12.3. The van der Waals surface area contributed by atoms with Crippen molar-refractivity contribution in [1.82, 2.24) is 4.90 Å². The number of sulfone groups is 1. The van der Waals surface area contributed by atoms with E-state index in [9.17, 15) is 13.2 Å². The van der Waals surface area contributed by atoms with Gasteiger partial charge in [0.25, 0.3) is 5.91 Å². The SMILES string of the molecule is O=C(c1ccco1)N1CC[C@H](S(=O)(=O)Cc2ccco2)C1. The van der Waals surface area contributed by atoms with E-state index >= 15 is 0 Å². The van der Waals surface area contributed by atoms with Crippen molar-refractivity contribution in [3.05, 3.63) is 48.3 Å². The van der Waals surface area contributed by atoms with Crippen LogP contribution in [0.25, 0.3) is 0 Å². The first-order chi connectivity index (χ1) is 10.1. The molecule has 21 heavy (non-hydrogen) atoms. The van der Waals surface area contributed by atoms with Gasteiger partial charge in [0.05, 0.1) is 17.8 Å². The van der Waals surface area contributed by atoms with Gasteiger partial charge in [-0.3, -0.25) is 4.79 Å². The number of carbonyl (C=O) groups excluding carboxylic acids is 1. The lowest BCUT2D eigenvalue weighted by atomic mass is 10.4. The topological polar surface area (TPSA) is 80.7 Å². The summed E-state index contributed by atoms with van der Waals surface area (Å²) >= 11 is 0. The Morgan fingerprint density at radius 3 is 2.67 bits per heavy atom. The van der Waals surface area contributed by atoms with Gasteiger partial charge in [0, 0.05) is 13.1 Å². The third-order valence-corrected chi connectivity index (χ3v) is 5.68. The lowest BCUT2D eigenvalue weighted by Gasteiger charge is -2.15. The van der Waals surface area contributed by atoms with Crippen LogP contribution >= 0.6 is 0 Å². The predicted octanol–water partition coefficient (Wildman–Crippen LogP) is 1.70. The summed E-state index contributed by atoms with van der Waals surface area (Å²) in [5.41, 5.74) is 0. The average molecular weight is 309 g/mol. The molecule has 1 fully saturated rings. The lowest BCUT2D eigenvalue weighted by Crippen LogP contribution is -2.32. The molecule has 2 aromatic heterocycles. The zero-order chi connectivity index (χ0) is 14.9. The number of nitrogens with zero attached hydrogens (tertiary/aromatic N) is 1. The molecule has 0 aromatic carbocycles. The molecule has 0 bridgehead atoms. The first kappa shape index (κ1) is 13.9. The molecule has 0 saturated carbocycles. The molecule has 7 heteroatoms. The van der Waals surface area contributed by atoms with Crippen LogP contribution in [0.15, 0.2) is 45.6 Å². The fourth-order valence-electron chi connectivity index (χ4n) is 2.47. The minimum absolute atomic E-state index is 0.131. The molecule has 3 heterocycles. The van der Waals surface area contributed by atoms with Gasteiger partial charge in [0.1, 0.15) is 11.5 Å². The molecular weight excluding hydrogens is 294 g/mol. The Bertz CT molecular complexity index is 703. The van der Waals surface area contributed by atoms with Crippen molar-refractivity contribution in [3.8, 4) is 0 Å². The third kappa shape index (κ3) is 2.87. The van der Waals surface area contributed by atoms with Crippen molar-refractivity contribution in [2.45, 2.75) is 17.4 Å². The van der Waals surface area contributed by atoms with E-state index in [1.165, 1.54) is 17.4 Å². The Labute approximate surface area is 122 Å². The minimum Gasteiger partial charge on any atom is -0.468 e. The summed E-state index contributed by atoms with van der Waals surface area (Å²) in [4.78, 5) is 13.6. The van der Waals surface area contributed by atoms with Crippen molar-refractivity contribution < 1.29 is 22.0 Å². The summed E-state index contributed by atoms with van der Waals surface area (Å²) in [5.74, 6) is 0.258.